The SMILES string of the molecule is Cc1cc(C)n(-c2ccc(=O)n(CC3CN(C(=O)NCC4CCCO4)C3)n2)n1. The van der Waals surface area contributed by atoms with Gasteiger partial charge in [-0.05, 0) is 38.8 Å². The Balaban J connectivity index is 1.33. The van der Waals surface area contributed by atoms with E-state index in [-0.39, 0.29) is 23.6 Å². The van der Waals surface area contributed by atoms with E-state index in [1.54, 1.807) is 15.6 Å². The van der Waals surface area contributed by atoms with Gasteiger partial charge in [-0.1, -0.05) is 0 Å². The number of carbonyl (C=O) groups excluding carboxylic acids is 1. The third kappa shape index (κ3) is 3.94. The van der Waals surface area contributed by atoms with Crippen molar-refractivity contribution in [2.24, 2.45) is 5.92 Å². The van der Waals surface area contributed by atoms with Gasteiger partial charge in [0.2, 0.25) is 0 Å². The van der Waals surface area contributed by atoms with Gasteiger partial charge in [-0.3, -0.25) is 4.79 Å². The molecule has 4 rings (SSSR count). The first-order valence-electron chi connectivity index (χ1n) is 9.76. The minimum atomic E-state index is -0.147. The third-order valence-electron chi connectivity index (χ3n) is 5.26. The summed E-state index contributed by atoms with van der Waals surface area (Å²) in [6.45, 7) is 6.95. The van der Waals surface area contributed by atoms with Gasteiger partial charge < -0.3 is 15.0 Å². The molecule has 150 valence electrons. The van der Waals surface area contributed by atoms with E-state index in [1.807, 2.05) is 19.9 Å². The van der Waals surface area contributed by atoms with Crippen molar-refractivity contribution < 1.29 is 9.53 Å². The maximum atomic E-state index is 12.2. The Labute approximate surface area is 163 Å². The molecule has 0 aromatic carbocycles. The zero-order valence-electron chi connectivity index (χ0n) is 16.3. The van der Waals surface area contributed by atoms with Crippen LogP contribution in [-0.2, 0) is 11.3 Å². The lowest BCUT2D eigenvalue weighted by atomic mass is 10.0. The average molecular weight is 386 g/mol. The van der Waals surface area contributed by atoms with Crippen LogP contribution in [0.4, 0.5) is 4.79 Å². The molecule has 2 amide bonds. The summed E-state index contributed by atoms with van der Waals surface area (Å²) in [5, 5.41) is 11.8. The van der Waals surface area contributed by atoms with Crippen LogP contribution in [0.1, 0.15) is 24.2 Å². The van der Waals surface area contributed by atoms with Crippen molar-refractivity contribution in [3.63, 3.8) is 0 Å². The first-order chi connectivity index (χ1) is 13.5. The molecule has 1 unspecified atom stereocenters. The van der Waals surface area contributed by atoms with Gasteiger partial charge in [-0.25, -0.2) is 14.2 Å². The van der Waals surface area contributed by atoms with Gasteiger partial charge in [0, 0.05) is 43.9 Å². The highest BCUT2D eigenvalue weighted by atomic mass is 16.5. The lowest BCUT2D eigenvalue weighted by molar-refractivity contribution is 0.0914. The zero-order chi connectivity index (χ0) is 19.7. The van der Waals surface area contributed by atoms with Crippen LogP contribution >= 0.6 is 0 Å². The molecule has 0 radical (unpaired) electrons. The molecule has 0 spiro atoms. The van der Waals surface area contributed by atoms with Crippen molar-refractivity contribution in [1.82, 2.24) is 29.8 Å². The number of carbonyl (C=O) groups is 1. The average Bonchev–Trinajstić information content (AvgIpc) is 3.26. The van der Waals surface area contributed by atoms with E-state index in [0.29, 0.717) is 32.0 Å². The van der Waals surface area contributed by atoms with Gasteiger partial charge in [-0.15, -0.1) is 5.10 Å². The Kier molecular flexibility index (Phi) is 5.17. The summed E-state index contributed by atoms with van der Waals surface area (Å²) in [4.78, 5) is 26.1. The van der Waals surface area contributed by atoms with Crippen LogP contribution < -0.4 is 10.9 Å². The van der Waals surface area contributed by atoms with Crippen molar-refractivity contribution in [3.8, 4) is 5.82 Å². The van der Waals surface area contributed by atoms with Crippen LogP contribution in [0.15, 0.2) is 23.0 Å². The molecule has 0 bridgehead atoms. The van der Waals surface area contributed by atoms with E-state index in [9.17, 15) is 9.59 Å². The topological polar surface area (TPSA) is 94.3 Å². The van der Waals surface area contributed by atoms with Crippen molar-refractivity contribution in [1.29, 1.82) is 0 Å². The maximum Gasteiger partial charge on any atom is 0.317 e. The molecule has 2 aromatic heterocycles. The van der Waals surface area contributed by atoms with Crippen molar-refractivity contribution in [3.05, 3.63) is 39.9 Å². The predicted octanol–water partition coefficient (Wildman–Crippen LogP) is 0.866. The molecule has 0 saturated carbocycles. The standard InChI is InChI=1S/C19H26N6O3/c1-13-8-14(2)25(21-13)17-5-6-18(26)24(22-17)12-15-10-23(11-15)19(27)20-9-16-4-3-7-28-16/h5-6,8,15-16H,3-4,7,9-12H2,1-2H3,(H,20,27). The first-order valence-corrected chi connectivity index (χ1v) is 9.76. The summed E-state index contributed by atoms with van der Waals surface area (Å²) in [5.74, 6) is 0.838. The molecule has 9 heteroatoms. The Bertz CT molecular complexity index is 909. The summed E-state index contributed by atoms with van der Waals surface area (Å²) in [7, 11) is 0. The number of hydrogen-bond donors (Lipinski definition) is 1. The van der Waals surface area contributed by atoms with Gasteiger partial charge >= 0.3 is 6.03 Å². The summed E-state index contributed by atoms with van der Waals surface area (Å²) in [5.41, 5.74) is 1.72. The monoisotopic (exact) mass is 386 g/mol. The van der Waals surface area contributed by atoms with E-state index in [1.165, 1.54) is 10.7 Å². The number of aromatic nitrogens is 4. The number of hydrogen-bond acceptors (Lipinski definition) is 5. The van der Waals surface area contributed by atoms with Crippen molar-refractivity contribution >= 4 is 6.03 Å². The minimum Gasteiger partial charge on any atom is -0.376 e. The fourth-order valence-corrected chi connectivity index (χ4v) is 3.76. The van der Waals surface area contributed by atoms with Crippen LogP contribution in [0.2, 0.25) is 0 Å². The molecule has 2 fully saturated rings. The van der Waals surface area contributed by atoms with Crippen LogP contribution in [0, 0.1) is 19.8 Å². The molecule has 0 aliphatic carbocycles. The first kappa shape index (κ1) is 18.7. The smallest absolute Gasteiger partial charge is 0.317 e. The second-order valence-electron chi connectivity index (χ2n) is 7.64. The molecule has 2 saturated heterocycles. The van der Waals surface area contributed by atoms with E-state index in [0.717, 1.165) is 30.8 Å². The second-order valence-corrected chi connectivity index (χ2v) is 7.64. The Morgan fingerprint density at radius 3 is 2.79 bits per heavy atom. The van der Waals surface area contributed by atoms with Gasteiger partial charge in [0.1, 0.15) is 0 Å². The van der Waals surface area contributed by atoms with Crippen LogP contribution in [0.3, 0.4) is 0 Å². The lowest BCUT2D eigenvalue weighted by Crippen LogP contribution is -2.56. The molecule has 9 nitrogen and oxygen atoms in total. The number of likely N-dealkylation sites (tertiary alicyclic amines) is 1. The summed E-state index contributed by atoms with van der Waals surface area (Å²) in [6, 6.07) is 5.10. The van der Waals surface area contributed by atoms with Crippen LogP contribution in [-0.4, -0.2) is 62.8 Å². The molecular formula is C19H26N6O3. The normalized spacial score (nSPS) is 19.6. The summed E-state index contributed by atoms with van der Waals surface area (Å²) >= 11 is 0. The molecule has 28 heavy (non-hydrogen) atoms. The number of aryl methyl sites for hydroxylation is 2. The Morgan fingerprint density at radius 1 is 1.29 bits per heavy atom. The number of nitrogens with one attached hydrogen (secondary N) is 1. The molecule has 4 heterocycles. The number of nitrogens with zero attached hydrogens (tertiary/aromatic N) is 5. The second kappa shape index (κ2) is 7.75. The van der Waals surface area contributed by atoms with Gasteiger partial charge in [0.15, 0.2) is 5.82 Å². The maximum absolute atomic E-state index is 12.2. The third-order valence-corrected chi connectivity index (χ3v) is 5.26. The van der Waals surface area contributed by atoms with Crippen LogP contribution in [0.25, 0.3) is 5.82 Å². The number of urea groups is 1. The number of amides is 2. The summed E-state index contributed by atoms with van der Waals surface area (Å²) < 4.78 is 8.72. The zero-order valence-corrected chi connectivity index (χ0v) is 16.3. The highest BCUT2D eigenvalue weighted by molar-refractivity contribution is 5.75. The Hall–Kier alpha value is -2.68. The fourth-order valence-electron chi connectivity index (χ4n) is 3.76. The van der Waals surface area contributed by atoms with E-state index in [4.69, 9.17) is 4.74 Å². The van der Waals surface area contributed by atoms with E-state index >= 15 is 0 Å². The van der Waals surface area contributed by atoms with Crippen molar-refractivity contribution in [2.45, 2.75) is 39.3 Å². The molecular weight excluding hydrogens is 360 g/mol. The minimum absolute atomic E-state index is 0.0663. The number of ether oxygens (including phenoxy) is 1. The quantitative estimate of drug-likeness (QED) is 0.823. The van der Waals surface area contributed by atoms with Crippen LogP contribution in [0.5, 0.6) is 0 Å². The highest BCUT2D eigenvalue weighted by Gasteiger charge is 2.31. The van der Waals surface area contributed by atoms with Gasteiger partial charge in [0.25, 0.3) is 5.56 Å². The molecule has 2 aliphatic heterocycles. The lowest BCUT2D eigenvalue weighted by Gasteiger charge is -2.39. The van der Waals surface area contributed by atoms with Crippen molar-refractivity contribution in [2.75, 3.05) is 26.2 Å². The Morgan fingerprint density at radius 2 is 2.11 bits per heavy atom. The van der Waals surface area contributed by atoms with E-state index in [2.05, 4.69) is 15.5 Å². The molecule has 1 atom stereocenters. The fraction of sp³-hybridized carbons (Fsp3) is 0.579. The predicted molar refractivity (Wildman–Crippen MR) is 103 cm³/mol. The molecule has 2 aromatic rings. The van der Waals surface area contributed by atoms with Gasteiger partial charge in [-0.2, -0.15) is 5.10 Å². The van der Waals surface area contributed by atoms with Gasteiger partial charge in [0.05, 0.1) is 18.3 Å². The number of rotatable bonds is 5. The molecule has 2 aliphatic rings. The highest BCUT2D eigenvalue weighted by Crippen LogP contribution is 2.18. The summed E-state index contributed by atoms with van der Waals surface area (Å²) in [6.07, 6.45) is 2.20. The largest absolute Gasteiger partial charge is 0.376 e. The molecule has 1 N–H and O–H groups in total. The van der Waals surface area contributed by atoms with E-state index < -0.39 is 0 Å².